The zero-order valence-corrected chi connectivity index (χ0v) is 29.7. The largest absolute Gasteiger partial charge is 0.493 e. The molecule has 0 saturated heterocycles. The van der Waals surface area contributed by atoms with E-state index in [0.29, 0.717) is 46.8 Å². The molecule has 3 aromatic carbocycles. The highest BCUT2D eigenvalue weighted by atomic mass is 79.9. The summed E-state index contributed by atoms with van der Waals surface area (Å²) in [6.07, 6.45) is 1.69. The number of nitrogens with zero attached hydrogens (tertiary/aromatic N) is 2. The fourth-order valence-electron chi connectivity index (χ4n) is 5.00. The lowest BCUT2D eigenvalue weighted by molar-refractivity contribution is -0.139. The van der Waals surface area contributed by atoms with Gasteiger partial charge in [-0.1, -0.05) is 29.5 Å². The number of rotatable bonds is 10. The van der Waals surface area contributed by atoms with Gasteiger partial charge in [-0.15, -0.1) is 0 Å². The highest BCUT2D eigenvalue weighted by molar-refractivity contribution is 9.11. The van der Waals surface area contributed by atoms with Crippen LogP contribution in [0.1, 0.15) is 50.4 Å². The van der Waals surface area contributed by atoms with E-state index in [2.05, 4.69) is 36.9 Å². The first kappa shape index (κ1) is 33.6. The first-order valence-electron chi connectivity index (χ1n) is 14.4. The van der Waals surface area contributed by atoms with Crippen molar-refractivity contribution in [1.29, 1.82) is 0 Å². The summed E-state index contributed by atoms with van der Waals surface area (Å²) >= 11 is 8.38. The van der Waals surface area contributed by atoms with Crippen molar-refractivity contribution < 1.29 is 28.1 Å². The van der Waals surface area contributed by atoms with Crippen molar-refractivity contribution in [2.45, 2.75) is 46.4 Å². The van der Waals surface area contributed by atoms with Crippen LogP contribution < -0.4 is 29.1 Å². The molecule has 0 unspecified atom stereocenters. The van der Waals surface area contributed by atoms with Crippen molar-refractivity contribution in [3.63, 3.8) is 0 Å². The predicted octanol–water partition coefficient (Wildman–Crippen LogP) is 6.84. The monoisotopic (exact) mass is 772 g/mol. The van der Waals surface area contributed by atoms with Crippen LogP contribution in [0.25, 0.3) is 6.08 Å². The summed E-state index contributed by atoms with van der Waals surface area (Å²) in [5.74, 6) is 0.731. The van der Waals surface area contributed by atoms with E-state index in [1.165, 1.54) is 28.0 Å². The number of ether oxygens (including phenoxy) is 4. The van der Waals surface area contributed by atoms with Crippen LogP contribution in [0.2, 0.25) is 0 Å². The second-order valence-corrected chi connectivity index (χ2v) is 13.3. The van der Waals surface area contributed by atoms with Crippen LogP contribution in [0, 0.1) is 5.82 Å². The molecule has 1 aliphatic rings. The highest BCUT2D eigenvalue weighted by Gasteiger charge is 2.34. The van der Waals surface area contributed by atoms with Gasteiger partial charge in [-0.3, -0.25) is 9.36 Å². The van der Waals surface area contributed by atoms with E-state index >= 15 is 0 Å². The van der Waals surface area contributed by atoms with Gasteiger partial charge in [0, 0.05) is 0 Å². The molecule has 1 aliphatic heterocycles. The Labute approximate surface area is 286 Å². The molecule has 2 heterocycles. The van der Waals surface area contributed by atoms with Crippen LogP contribution in [0.3, 0.4) is 0 Å². The van der Waals surface area contributed by atoms with Crippen molar-refractivity contribution in [2.75, 3.05) is 13.7 Å². The van der Waals surface area contributed by atoms with E-state index in [1.54, 1.807) is 51.3 Å². The van der Waals surface area contributed by atoms with Gasteiger partial charge in [-0.05, 0) is 119 Å². The van der Waals surface area contributed by atoms with Gasteiger partial charge in [0.25, 0.3) is 5.56 Å². The Kier molecular flexibility index (Phi) is 10.5. The zero-order chi connectivity index (χ0) is 33.1. The van der Waals surface area contributed by atoms with E-state index < -0.39 is 12.0 Å². The Hall–Kier alpha value is -3.74. The molecule has 4 aromatic rings. The summed E-state index contributed by atoms with van der Waals surface area (Å²) < 4.78 is 39.5. The lowest BCUT2D eigenvalue weighted by Gasteiger charge is -2.25. The molecule has 0 bridgehead atoms. The lowest BCUT2D eigenvalue weighted by Crippen LogP contribution is -2.40. The third-order valence-electron chi connectivity index (χ3n) is 7.00. The molecule has 0 aliphatic carbocycles. The summed E-state index contributed by atoms with van der Waals surface area (Å²) in [6.45, 7) is 7.72. The summed E-state index contributed by atoms with van der Waals surface area (Å²) in [5.41, 5.74) is 2.61. The Morgan fingerprint density at radius 3 is 2.41 bits per heavy atom. The molecule has 46 heavy (non-hydrogen) atoms. The molecule has 0 N–H and O–H groups in total. The van der Waals surface area contributed by atoms with Crippen molar-refractivity contribution in [3.8, 4) is 17.2 Å². The van der Waals surface area contributed by atoms with E-state index in [0.717, 1.165) is 11.1 Å². The van der Waals surface area contributed by atoms with Gasteiger partial charge in [0.05, 0.1) is 50.6 Å². The number of aromatic nitrogens is 1. The molecule has 12 heteroatoms. The SMILES string of the molecule is CCOC(=O)C1=C(C)N=c2s/c(=C\c3cc(Br)c(OCc4ccc(F)cc4)c(Br)c3)c(=O)n2[C@H]1c1ccc(OC(C)C)c(OC)c1. The molecular formula is C34H31Br2FN2O6S. The lowest BCUT2D eigenvalue weighted by atomic mass is 9.95. The summed E-state index contributed by atoms with van der Waals surface area (Å²) in [6, 6.07) is 14.3. The molecule has 5 rings (SSSR count). The number of esters is 1. The number of benzene rings is 3. The van der Waals surface area contributed by atoms with Crippen LogP contribution in [0.5, 0.6) is 17.2 Å². The molecule has 0 saturated carbocycles. The molecule has 0 amide bonds. The van der Waals surface area contributed by atoms with E-state index in [-0.39, 0.29) is 36.3 Å². The van der Waals surface area contributed by atoms with E-state index in [1.807, 2.05) is 32.0 Å². The summed E-state index contributed by atoms with van der Waals surface area (Å²) in [4.78, 5) is 32.5. The van der Waals surface area contributed by atoms with Gasteiger partial charge in [0.1, 0.15) is 18.2 Å². The molecule has 0 radical (unpaired) electrons. The average Bonchev–Trinajstić information content (AvgIpc) is 3.30. The van der Waals surface area contributed by atoms with E-state index in [4.69, 9.17) is 18.9 Å². The number of carbonyl (C=O) groups excluding carboxylic acids is 1. The number of allylic oxidation sites excluding steroid dienone is 1. The minimum Gasteiger partial charge on any atom is -0.493 e. The first-order chi connectivity index (χ1) is 22.0. The molecular weight excluding hydrogens is 743 g/mol. The van der Waals surface area contributed by atoms with E-state index in [9.17, 15) is 14.0 Å². The third-order valence-corrected chi connectivity index (χ3v) is 9.16. The van der Waals surface area contributed by atoms with Gasteiger partial charge < -0.3 is 18.9 Å². The van der Waals surface area contributed by atoms with Crippen molar-refractivity contribution in [1.82, 2.24) is 4.57 Å². The quantitative estimate of drug-likeness (QED) is 0.164. The van der Waals surface area contributed by atoms with Gasteiger partial charge in [-0.25, -0.2) is 14.2 Å². The maximum Gasteiger partial charge on any atom is 0.338 e. The summed E-state index contributed by atoms with van der Waals surface area (Å²) in [5, 5.41) is 0. The van der Waals surface area contributed by atoms with Crippen LogP contribution in [0.4, 0.5) is 4.39 Å². The number of fused-ring (bicyclic) bond motifs is 1. The van der Waals surface area contributed by atoms with Crippen LogP contribution in [-0.4, -0.2) is 30.4 Å². The number of methoxy groups -OCH3 is 1. The van der Waals surface area contributed by atoms with Gasteiger partial charge in [-0.2, -0.15) is 0 Å². The molecule has 0 fully saturated rings. The van der Waals surface area contributed by atoms with Gasteiger partial charge >= 0.3 is 5.97 Å². The standard InChI is InChI=1S/C34H31Br2FN2O6S/c1-6-43-33(41)29-19(4)38-34-39(30(29)22-9-12-26(45-18(2)3)27(16-22)42-5)32(40)28(46-34)15-21-13-24(35)31(25(36)14-21)44-17-20-7-10-23(37)11-8-20/h7-16,18,30H,6,17H2,1-5H3/b28-15-/t30-/m0/s1. The van der Waals surface area contributed by atoms with Gasteiger partial charge in [0.15, 0.2) is 16.3 Å². The van der Waals surface area contributed by atoms with Crippen molar-refractivity contribution in [3.05, 3.63) is 117 Å². The third kappa shape index (κ3) is 7.13. The zero-order valence-electron chi connectivity index (χ0n) is 25.7. The second kappa shape index (κ2) is 14.4. The maximum absolute atomic E-state index is 14.1. The van der Waals surface area contributed by atoms with Crippen LogP contribution in [-0.2, 0) is 16.1 Å². The number of hydrogen-bond donors (Lipinski definition) is 0. The Morgan fingerprint density at radius 1 is 1.09 bits per heavy atom. The highest BCUT2D eigenvalue weighted by Crippen LogP contribution is 2.37. The predicted molar refractivity (Wildman–Crippen MR) is 182 cm³/mol. The smallest absolute Gasteiger partial charge is 0.338 e. The second-order valence-electron chi connectivity index (χ2n) is 10.6. The fourth-order valence-corrected chi connectivity index (χ4v) is 7.50. The summed E-state index contributed by atoms with van der Waals surface area (Å²) in [7, 11) is 1.54. The number of halogens is 3. The molecule has 1 aromatic heterocycles. The number of carbonyl (C=O) groups is 1. The minimum absolute atomic E-state index is 0.0786. The van der Waals surface area contributed by atoms with Crippen LogP contribution in [0.15, 0.2) is 84.6 Å². The average molecular weight is 775 g/mol. The van der Waals surface area contributed by atoms with Gasteiger partial charge in [0.2, 0.25) is 0 Å². The van der Waals surface area contributed by atoms with Crippen molar-refractivity contribution >= 4 is 55.2 Å². The fraction of sp³-hybridized carbons (Fsp3) is 0.265. The Bertz CT molecular complexity index is 1980. The molecule has 0 spiro atoms. The number of thiazole rings is 1. The first-order valence-corrected chi connectivity index (χ1v) is 16.8. The minimum atomic E-state index is -0.805. The van der Waals surface area contributed by atoms with Crippen LogP contribution >= 0.6 is 43.2 Å². The molecule has 240 valence electrons. The Balaban J connectivity index is 1.57. The topological polar surface area (TPSA) is 88.4 Å². The molecule has 8 nitrogen and oxygen atoms in total. The Morgan fingerprint density at radius 2 is 1.78 bits per heavy atom. The number of hydrogen-bond acceptors (Lipinski definition) is 8. The van der Waals surface area contributed by atoms with Crippen molar-refractivity contribution in [2.24, 2.45) is 4.99 Å². The molecule has 1 atom stereocenters. The normalized spacial score (nSPS) is 14.6. The maximum atomic E-state index is 14.1.